The van der Waals surface area contributed by atoms with Crippen LogP contribution in [0.2, 0.25) is 5.02 Å². The van der Waals surface area contributed by atoms with Gasteiger partial charge in [-0.2, -0.15) is 0 Å². The maximum absolute atomic E-state index is 12.5. The first kappa shape index (κ1) is 25.3. The van der Waals surface area contributed by atoms with Gasteiger partial charge in [0.15, 0.2) is 11.0 Å². The average molecular weight is 502 g/mol. The zero-order chi connectivity index (χ0) is 24.7. The van der Waals surface area contributed by atoms with Crippen LogP contribution in [0.3, 0.4) is 0 Å². The summed E-state index contributed by atoms with van der Waals surface area (Å²) in [4.78, 5) is 36.4. The van der Waals surface area contributed by atoms with Crippen LogP contribution in [-0.4, -0.2) is 45.4 Å². The Morgan fingerprint density at radius 2 is 1.71 bits per heavy atom. The summed E-state index contributed by atoms with van der Waals surface area (Å²) >= 11 is 7.12. The number of ether oxygens (including phenoxy) is 1. The summed E-state index contributed by atoms with van der Waals surface area (Å²) in [6, 6.07) is 12.6. The number of nitrogens with zero attached hydrogens (tertiary/aromatic N) is 3. The maximum Gasteiger partial charge on any atom is 0.337 e. The van der Waals surface area contributed by atoms with Gasteiger partial charge in [0.05, 0.1) is 24.5 Å². The molecule has 3 aromatic rings. The second kappa shape index (κ2) is 11.7. The van der Waals surface area contributed by atoms with E-state index in [2.05, 4.69) is 25.6 Å². The van der Waals surface area contributed by atoms with Gasteiger partial charge in [-0.3, -0.25) is 9.59 Å². The van der Waals surface area contributed by atoms with Gasteiger partial charge in [-0.25, -0.2) is 4.79 Å². The lowest BCUT2D eigenvalue weighted by Gasteiger charge is -2.15. The van der Waals surface area contributed by atoms with Gasteiger partial charge in [0.1, 0.15) is 0 Å². The van der Waals surface area contributed by atoms with Gasteiger partial charge in [-0.1, -0.05) is 23.4 Å². The van der Waals surface area contributed by atoms with Crippen molar-refractivity contribution in [3.8, 4) is 0 Å². The molecule has 0 saturated heterocycles. The van der Waals surface area contributed by atoms with E-state index in [0.717, 1.165) is 0 Å². The Hall–Kier alpha value is -3.37. The Morgan fingerprint density at radius 1 is 1.06 bits per heavy atom. The molecule has 2 N–H and O–H groups in total. The van der Waals surface area contributed by atoms with Crippen LogP contribution in [-0.2, 0) is 16.1 Å². The highest BCUT2D eigenvalue weighted by Gasteiger charge is 2.20. The van der Waals surface area contributed by atoms with Gasteiger partial charge < -0.3 is 19.9 Å². The molecule has 1 atom stereocenters. The SMILES string of the molecule is CCn1c(SCC(=O)Nc2ccc(C(=O)OC)cc2)nnc1[C@@H](C)NC(=O)c1ccc(Cl)cc1. The van der Waals surface area contributed by atoms with Gasteiger partial charge >= 0.3 is 5.97 Å². The summed E-state index contributed by atoms with van der Waals surface area (Å²) in [5.41, 5.74) is 1.45. The molecule has 178 valence electrons. The minimum absolute atomic E-state index is 0.113. The summed E-state index contributed by atoms with van der Waals surface area (Å²) in [6.07, 6.45) is 0. The standard InChI is InChI=1S/C23H24ClN5O4S/c1-4-29-20(14(2)25-21(31)15-5-9-17(24)10-6-15)27-28-23(29)34-13-19(30)26-18-11-7-16(8-12-18)22(32)33-3/h5-12,14H,4,13H2,1-3H3,(H,25,31)(H,26,30)/t14-/m1/s1. The van der Waals surface area contributed by atoms with Crippen molar-refractivity contribution in [2.45, 2.75) is 31.6 Å². The number of rotatable bonds is 9. The van der Waals surface area contributed by atoms with Crippen molar-refractivity contribution in [1.29, 1.82) is 0 Å². The number of aromatic nitrogens is 3. The maximum atomic E-state index is 12.5. The molecule has 0 aliphatic heterocycles. The molecule has 1 heterocycles. The van der Waals surface area contributed by atoms with Crippen LogP contribution in [0.25, 0.3) is 0 Å². The van der Waals surface area contributed by atoms with E-state index in [4.69, 9.17) is 11.6 Å². The Labute approximate surface area is 206 Å². The van der Waals surface area contributed by atoms with Crippen LogP contribution in [0.5, 0.6) is 0 Å². The first-order valence-electron chi connectivity index (χ1n) is 10.4. The van der Waals surface area contributed by atoms with Crippen LogP contribution in [0.15, 0.2) is 53.7 Å². The van der Waals surface area contributed by atoms with Gasteiger partial charge in [-0.15, -0.1) is 10.2 Å². The smallest absolute Gasteiger partial charge is 0.337 e. The second-order valence-electron chi connectivity index (χ2n) is 7.19. The lowest BCUT2D eigenvalue weighted by atomic mass is 10.2. The van der Waals surface area contributed by atoms with Crippen LogP contribution in [0, 0.1) is 0 Å². The number of halogens is 1. The molecule has 0 aliphatic rings. The summed E-state index contributed by atoms with van der Waals surface area (Å²) in [5, 5.41) is 15.2. The second-order valence-corrected chi connectivity index (χ2v) is 8.57. The van der Waals surface area contributed by atoms with E-state index in [1.807, 2.05) is 18.4 Å². The van der Waals surface area contributed by atoms with Crippen molar-refractivity contribution >= 4 is 46.8 Å². The lowest BCUT2D eigenvalue weighted by Crippen LogP contribution is -2.28. The molecule has 0 unspecified atom stereocenters. The summed E-state index contributed by atoms with van der Waals surface area (Å²) in [5.74, 6) is -0.218. The van der Waals surface area contributed by atoms with E-state index in [0.29, 0.717) is 39.4 Å². The number of amides is 2. The predicted octanol–water partition coefficient (Wildman–Crippen LogP) is 3.96. The van der Waals surface area contributed by atoms with E-state index in [9.17, 15) is 14.4 Å². The third-order valence-corrected chi connectivity index (χ3v) is 6.04. The van der Waals surface area contributed by atoms with Crippen LogP contribution < -0.4 is 10.6 Å². The third-order valence-electron chi connectivity index (χ3n) is 4.83. The number of carbonyl (C=O) groups excluding carboxylic acids is 3. The number of thioether (sulfide) groups is 1. The fourth-order valence-electron chi connectivity index (χ4n) is 3.10. The molecule has 2 aromatic carbocycles. The van der Waals surface area contributed by atoms with Gasteiger partial charge in [0, 0.05) is 22.8 Å². The highest BCUT2D eigenvalue weighted by atomic mass is 35.5. The van der Waals surface area contributed by atoms with E-state index < -0.39 is 12.0 Å². The van der Waals surface area contributed by atoms with Crippen molar-refractivity contribution in [3.05, 3.63) is 70.5 Å². The third kappa shape index (κ3) is 6.36. The zero-order valence-corrected chi connectivity index (χ0v) is 20.4. The van der Waals surface area contributed by atoms with E-state index in [-0.39, 0.29) is 17.6 Å². The average Bonchev–Trinajstić information content (AvgIpc) is 3.26. The van der Waals surface area contributed by atoms with Crippen molar-refractivity contribution in [1.82, 2.24) is 20.1 Å². The Bertz CT molecular complexity index is 1170. The van der Waals surface area contributed by atoms with Crippen molar-refractivity contribution in [2.24, 2.45) is 0 Å². The zero-order valence-electron chi connectivity index (χ0n) is 18.9. The molecule has 1 aromatic heterocycles. The van der Waals surface area contributed by atoms with Gasteiger partial charge in [0.2, 0.25) is 5.91 Å². The molecule has 2 amide bonds. The fraction of sp³-hybridized carbons (Fsp3) is 0.261. The fourth-order valence-corrected chi connectivity index (χ4v) is 4.04. The number of nitrogens with one attached hydrogen (secondary N) is 2. The van der Waals surface area contributed by atoms with Crippen molar-refractivity contribution in [3.63, 3.8) is 0 Å². The van der Waals surface area contributed by atoms with E-state index >= 15 is 0 Å². The minimum atomic E-state index is -0.443. The van der Waals surface area contributed by atoms with Crippen LogP contribution in [0.1, 0.15) is 46.4 Å². The normalized spacial score (nSPS) is 11.5. The largest absolute Gasteiger partial charge is 0.465 e. The number of esters is 1. The summed E-state index contributed by atoms with van der Waals surface area (Å²) in [7, 11) is 1.31. The Morgan fingerprint density at radius 3 is 2.32 bits per heavy atom. The van der Waals surface area contributed by atoms with Crippen LogP contribution >= 0.6 is 23.4 Å². The molecule has 0 bridgehead atoms. The molecular formula is C23H24ClN5O4S. The van der Waals surface area contributed by atoms with Gasteiger partial charge in [-0.05, 0) is 62.4 Å². The van der Waals surface area contributed by atoms with E-state index in [1.165, 1.54) is 18.9 Å². The number of anilines is 1. The Balaban J connectivity index is 1.59. The lowest BCUT2D eigenvalue weighted by molar-refractivity contribution is -0.113. The van der Waals surface area contributed by atoms with Gasteiger partial charge in [0.25, 0.3) is 5.91 Å². The first-order chi connectivity index (χ1) is 16.3. The molecule has 11 heteroatoms. The molecule has 0 saturated carbocycles. The van der Waals surface area contributed by atoms with Crippen molar-refractivity contribution in [2.75, 3.05) is 18.2 Å². The minimum Gasteiger partial charge on any atom is -0.465 e. The topological polar surface area (TPSA) is 115 Å². The molecule has 0 radical (unpaired) electrons. The molecular weight excluding hydrogens is 478 g/mol. The molecule has 3 rings (SSSR count). The number of methoxy groups -OCH3 is 1. The molecule has 0 spiro atoms. The number of benzene rings is 2. The van der Waals surface area contributed by atoms with Crippen molar-refractivity contribution < 1.29 is 19.1 Å². The molecule has 9 nitrogen and oxygen atoms in total. The van der Waals surface area contributed by atoms with E-state index in [1.54, 1.807) is 48.5 Å². The number of hydrogen-bond acceptors (Lipinski definition) is 7. The summed E-state index contributed by atoms with van der Waals surface area (Å²) < 4.78 is 6.52. The highest BCUT2D eigenvalue weighted by molar-refractivity contribution is 7.99. The summed E-state index contributed by atoms with van der Waals surface area (Å²) in [6.45, 7) is 4.33. The predicted molar refractivity (Wildman–Crippen MR) is 130 cm³/mol. The molecule has 0 aliphatic carbocycles. The quantitative estimate of drug-likeness (QED) is 0.337. The highest BCUT2D eigenvalue weighted by Crippen LogP contribution is 2.21. The Kier molecular flexibility index (Phi) is 8.67. The molecule has 0 fully saturated rings. The molecule has 34 heavy (non-hydrogen) atoms. The first-order valence-corrected chi connectivity index (χ1v) is 11.8. The van der Waals surface area contributed by atoms with Crippen LogP contribution in [0.4, 0.5) is 5.69 Å². The number of hydrogen-bond donors (Lipinski definition) is 2. The monoisotopic (exact) mass is 501 g/mol. The number of carbonyl (C=O) groups is 3.